The predicted molar refractivity (Wildman–Crippen MR) is 112 cm³/mol. The molecule has 0 unspecified atom stereocenters. The summed E-state index contributed by atoms with van der Waals surface area (Å²) in [5.74, 6) is 0.391. The second-order valence-electron chi connectivity index (χ2n) is 7.04. The Morgan fingerprint density at radius 3 is 2.36 bits per heavy atom. The van der Waals surface area contributed by atoms with Crippen LogP contribution in [0.4, 0.5) is 5.69 Å². The first kappa shape index (κ1) is 20.2. The minimum Gasteiger partial charge on any atom is -0.330 e. The fraction of sp³-hybridized carbons (Fsp3) is 0.333. The summed E-state index contributed by atoms with van der Waals surface area (Å²) in [5, 5.41) is 0. The highest BCUT2D eigenvalue weighted by molar-refractivity contribution is 7.93. The topological polar surface area (TPSA) is 92.8 Å². The summed E-state index contributed by atoms with van der Waals surface area (Å²) in [7, 11) is -0.865. The first-order valence-corrected chi connectivity index (χ1v) is 11.2. The number of carbonyl (C=O) groups excluding carboxylic acids is 2. The van der Waals surface area contributed by atoms with Gasteiger partial charge in [-0.1, -0.05) is 24.3 Å². The van der Waals surface area contributed by atoms with Gasteiger partial charge in [-0.25, -0.2) is 4.21 Å². The summed E-state index contributed by atoms with van der Waals surface area (Å²) in [6, 6.07) is 15.7. The first-order valence-electron chi connectivity index (χ1n) is 9.32. The summed E-state index contributed by atoms with van der Waals surface area (Å²) in [5.41, 5.74) is 7.08. The van der Waals surface area contributed by atoms with Crippen molar-refractivity contribution in [3.05, 3.63) is 65.7 Å². The summed E-state index contributed by atoms with van der Waals surface area (Å²) in [6.07, 6.45) is 1.46. The molecule has 0 radical (unpaired) electrons. The molecule has 2 N–H and O–H groups in total. The molecule has 2 amide bonds. The van der Waals surface area contributed by atoms with E-state index in [4.69, 9.17) is 5.73 Å². The molecule has 0 spiro atoms. The van der Waals surface area contributed by atoms with Crippen LogP contribution in [0.1, 0.15) is 33.6 Å². The van der Waals surface area contributed by atoms with E-state index in [1.54, 1.807) is 25.2 Å². The van der Waals surface area contributed by atoms with Gasteiger partial charge in [0.05, 0.1) is 9.73 Å². The van der Waals surface area contributed by atoms with Gasteiger partial charge in [-0.15, -0.1) is 0 Å². The second kappa shape index (κ2) is 8.67. The molecule has 1 saturated heterocycles. The minimum absolute atomic E-state index is 0.228. The zero-order valence-corrected chi connectivity index (χ0v) is 16.7. The quantitative estimate of drug-likeness (QED) is 0.855. The lowest BCUT2D eigenvalue weighted by Gasteiger charge is -2.22. The Labute approximate surface area is 165 Å². The predicted octanol–water partition coefficient (Wildman–Crippen LogP) is 2.94. The molecule has 3 rings (SSSR count). The molecule has 1 aliphatic heterocycles. The molecule has 1 fully saturated rings. The van der Waals surface area contributed by atoms with Gasteiger partial charge in [0, 0.05) is 35.4 Å². The minimum atomic E-state index is -2.55. The molecular formula is C21H25N3O3S. The maximum absolute atomic E-state index is 12.9. The molecule has 28 heavy (non-hydrogen) atoms. The van der Waals surface area contributed by atoms with Gasteiger partial charge in [0.25, 0.3) is 11.8 Å². The van der Waals surface area contributed by atoms with Crippen molar-refractivity contribution in [2.45, 2.75) is 12.8 Å². The van der Waals surface area contributed by atoms with E-state index in [0.29, 0.717) is 29.5 Å². The Hall–Kier alpha value is -2.51. The van der Waals surface area contributed by atoms with E-state index in [1.165, 1.54) is 11.0 Å². The van der Waals surface area contributed by atoms with Gasteiger partial charge in [0.1, 0.15) is 0 Å². The molecule has 0 aliphatic carbocycles. The second-order valence-corrected chi connectivity index (χ2v) is 9.58. The highest BCUT2D eigenvalue weighted by Crippen LogP contribution is 2.21. The Balaban J connectivity index is 1.79. The van der Waals surface area contributed by atoms with Crippen molar-refractivity contribution in [1.82, 2.24) is 0 Å². The fourth-order valence-electron chi connectivity index (χ4n) is 3.23. The smallest absolute Gasteiger partial charge is 0.285 e. The van der Waals surface area contributed by atoms with Crippen LogP contribution in [0, 0.1) is 5.92 Å². The zero-order chi connectivity index (χ0) is 20.1. The number of carbonyl (C=O) groups is 2. The molecular weight excluding hydrogens is 374 g/mol. The van der Waals surface area contributed by atoms with Gasteiger partial charge in [-0.05, 0) is 55.6 Å². The average Bonchev–Trinajstić information content (AvgIpc) is 2.73. The van der Waals surface area contributed by atoms with Gasteiger partial charge in [-0.2, -0.15) is 4.36 Å². The van der Waals surface area contributed by atoms with E-state index in [0.717, 1.165) is 18.5 Å². The van der Waals surface area contributed by atoms with Crippen molar-refractivity contribution in [2.75, 3.05) is 30.0 Å². The number of rotatable bonds is 4. The average molecular weight is 400 g/mol. The molecule has 0 aromatic heterocycles. The molecule has 0 atom stereocenters. The van der Waals surface area contributed by atoms with Crippen LogP contribution in [0.3, 0.4) is 0 Å². The van der Waals surface area contributed by atoms with Gasteiger partial charge in [-0.3, -0.25) is 9.59 Å². The summed E-state index contributed by atoms with van der Waals surface area (Å²) in [6.45, 7) is 0.572. The van der Waals surface area contributed by atoms with Gasteiger partial charge in [0.15, 0.2) is 0 Å². The van der Waals surface area contributed by atoms with Crippen LogP contribution < -0.4 is 10.6 Å². The number of benzene rings is 2. The Morgan fingerprint density at radius 2 is 1.71 bits per heavy atom. The third kappa shape index (κ3) is 4.66. The number of amides is 2. The molecule has 1 aliphatic rings. The number of hydrogen-bond acceptors (Lipinski definition) is 4. The largest absolute Gasteiger partial charge is 0.330 e. The van der Waals surface area contributed by atoms with Crippen molar-refractivity contribution in [2.24, 2.45) is 16.0 Å². The molecule has 2 aromatic carbocycles. The summed E-state index contributed by atoms with van der Waals surface area (Å²) < 4.78 is 16.9. The first-order chi connectivity index (χ1) is 13.4. The SMILES string of the molecule is CN(C(=O)c1cccc(C(=O)N=S2(=O)CCC(CN)CC2)c1)c1ccccc1. The summed E-state index contributed by atoms with van der Waals surface area (Å²) in [4.78, 5) is 26.9. The summed E-state index contributed by atoms with van der Waals surface area (Å²) >= 11 is 0. The van der Waals surface area contributed by atoms with E-state index in [1.807, 2.05) is 30.3 Å². The van der Waals surface area contributed by atoms with Crippen molar-refractivity contribution < 1.29 is 13.8 Å². The van der Waals surface area contributed by atoms with Crippen LogP contribution in [-0.4, -0.2) is 41.1 Å². The van der Waals surface area contributed by atoms with Crippen molar-refractivity contribution in [3.8, 4) is 0 Å². The highest BCUT2D eigenvalue weighted by atomic mass is 32.2. The normalized spacial score (nSPS) is 21.7. The number of hydrogen-bond donors (Lipinski definition) is 1. The number of para-hydroxylation sites is 1. The molecule has 0 bridgehead atoms. The van der Waals surface area contributed by atoms with Crippen molar-refractivity contribution in [3.63, 3.8) is 0 Å². The lowest BCUT2D eigenvalue weighted by molar-refractivity contribution is 0.0993. The van der Waals surface area contributed by atoms with Crippen LogP contribution in [-0.2, 0) is 9.73 Å². The third-order valence-corrected chi connectivity index (χ3v) is 7.32. The van der Waals surface area contributed by atoms with Crippen LogP contribution >= 0.6 is 0 Å². The molecule has 6 nitrogen and oxygen atoms in total. The lowest BCUT2D eigenvalue weighted by Crippen LogP contribution is -2.28. The Morgan fingerprint density at radius 1 is 1.07 bits per heavy atom. The van der Waals surface area contributed by atoms with E-state index < -0.39 is 15.6 Å². The molecule has 2 aromatic rings. The van der Waals surface area contributed by atoms with E-state index in [9.17, 15) is 13.8 Å². The van der Waals surface area contributed by atoms with E-state index in [2.05, 4.69) is 4.36 Å². The molecule has 7 heteroatoms. The van der Waals surface area contributed by atoms with Crippen LogP contribution in [0.5, 0.6) is 0 Å². The van der Waals surface area contributed by atoms with E-state index >= 15 is 0 Å². The highest BCUT2D eigenvalue weighted by Gasteiger charge is 2.23. The maximum atomic E-state index is 12.9. The van der Waals surface area contributed by atoms with Crippen LogP contribution in [0.15, 0.2) is 59.0 Å². The fourth-order valence-corrected chi connectivity index (χ4v) is 5.42. The van der Waals surface area contributed by atoms with Crippen LogP contribution in [0.2, 0.25) is 0 Å². The number of anilines is 1. The molecule has 1 heterocycles. The number of nitrogens with zero attached hydrogens (tertiary/aromatic N) is 2. The van der Waals surface area contributed by atoms with Gasteiger partial charge >= 0.3 is 0 Å². The monoisotopic (exact) mass is 399 g/mol. The molecule has 0 saturated carbocycles. The van der Waals surface area contributed by atoms with Gasteiger partial charge in [0.2, 0.25) is 0 Å². The van der Waals surface area contributed by atoms with Crippen LogP contribution in [0.25, 0.3) is 0 Å². The standard InChI is InChI=1S/C21H25N3O3S/c1-24(19-8-3-2-4-9-19)21(26)18-7-5-6-17(14-18)20(25)23-28(27)12-10-16(15-22)11-13-28/h2-9,14,16H,10-13,15,22H2,1H3. The lowest BCUT2D eigenvalue weighted by atomic mass is 10.0. The Bertz CT molecular complexity index is 967. The van der Waals surface area contributed by atoms with E-state index in [-0.39, 0.29) is 11.5 Å². The number of nitrogens with two attached hydrogens (primary N) is 1. The van der Waals surface area contributed by atoms with Crippen molar-refractivity contribution in [1.29, 1.82) is 0 Å². The third-order valence-electron chi connectivity index (χ3n) is 5.08. The van der Waals surface area contributed by atoms with Gasteiger partial charge < -0.3 is 10.6 Å². The molecule has 148 valence electrons. The Kier molecular flexibility index (Phi) is 6.26. The van der Waals surface area contributed by atoms with Crippen molar-refractivity contribution >= 4 is 27.2 Å². The zero-order valence-electron chi connectivity index (χ0n) is 15.9. The maximum Gasteiger partial charge on any atom is 0.285 e.